The molecule has 0 atom stereocenters. The largest absolute Gasteiger partial charge is 0.462 e. The molecule has 2 rings (SSSR count). The molecular weight excluding hydrogens is 378 g/mol. The Balaban J connectivity index is 1.96. The Morgan fingerprint density at radius 1 is 1.14 bits per heavy atom. The number of sulfonamides is 1. The molecule has 0 aromatic heterocycles. The third kappa shape index (κ3) is 6.23. The van der Waals surface area contributed by atoms with Gasteiger partial charge < -0.3 is 10.1 Å². The molecule has 0 spiro atoms. The van der Waals surface area contributed by atoms with Crippen LogP contribution in [0.5, 0.6) is 0 Å². The second-order valence-corrected chi connectivity index (χ2v) is 7.46. The van der Waals surface area contributed by atoms with Gasteiger partial charge in [-0.05, 0) is 43.2 Å². The Morgan fingerprint density at radius 3 is 2.43 bits per heavy atom. The van der Waals surface area contributed by atoms with Gasteiger partial charge in [-0.25, -0.2) is 17.9 Å². The van der Waals surface area contributed by atoms with Crippen LogP contribution in [0.2, 0.25) is 0 Å². The number of ether oxygens (including phenoxy) is 1. The maximum atomic E-state index is 12.4. The topological polar surface area (TPSA) is 108 Å². The molecule has 0 heterocycles. The van der Waals surface area contributed by atoms with Gasteiger partial charge in [0.15, 0.2) is 5.57 Å². The van der Waals surface area contributed by atoms with Crippen LogP contribution in [0.15, 0.2) is 71.3 Å². The first-order valence-corrected chi connectivity index (χ1v) is 10.1. The van der Waals surface area contributed by atoms with Crippen LogP contribution in [0.3, 0.4) is 0 Å². The number of esters is 1. The molecule has 0 aliphatic rings. The van der Waals surface area contributed by atoms with Gasteiger partial charge in [-0.3, -0.25) is 0 Å². The second kappa shape index (κ2) is 10.3. The van der Waals surface area contributed by atoms with Crippen molar-refractivity contribution >= 4 is 21.7 Å². The molecule has 0 saturated carbocycles. The van der Waals surface area contributed by atoms with Crippen molar-refractivity contribution in [3.8, 4) is 6.07 Å². The van der Waals surface area contributed by atoms with Gasteiger partial charge in [-0.15, -0.1) is 0 Å². The van der Waals surface area contributed by atoms with E-state index in [1.54, 1.807) is 25.1 Å². The third-order valence-corrected chi connectivity index (χ3v) is 5.19. The van der Waals surface area contributed by atoms with Gasteiger partial charge in [-0.2, -0.15) is 5.26 Å². The van der Waals surface area contributed by atoms with E-state index in [1.165, 1.54) is 18.3 Å². The highest BCUT2D eigenvalue weighted by Gasteiger charge is 2.13. The van der Waals surface area contributed by atoms with Gasteiger partial charge in [0.05, 0.1) is 11.5 Å². The van der Waals surface area contributed by atoms with Crippen LogP contribution in [0.25, 0.3) is 0 Å². The first-order valence-electron chi connectivity index (χ1n) is 8.64. The summed E-state index contributed by atoms with van der Waals surface area (Å²) < 4.78 is 32.0. The van der Waals surface area contributed by atoms with Gasteiger partial charge in [0, 0.05) is 18.4 Å². The second-order valence-electron chi connectivity index (χ2n) is 5.69. The van der Waals surface area contributed by atoms with Crippen molar-refractivity contribution in [2.45, 2.75) is 18.2 Å². The normalized spacial score (nSPS) is 11.5. The number of anilines is 1. The van der Waals surface area contributed by atoms with E-state index in [2.05, 4.69) is 10.0 Å². The molecule has 0 fully saturated rings. The zero-order chi connectivity index (χ0) is 20.4. The summed E-state index contributed by atoms with van der Waals surface area (Å²) in [6, 6.07) is 17.3. The van der Waals surface area contributed by atoms with Crippen LogP contribution in [0.4, 0.5) is 5.69 Å². The molecule has 0 unspecified atom stereocenters. The number of carbonyl (C=O) groups is 1. The highest BCUT2D eigenvalue weighted by atomic mass is 32.2. The minimum Gasteiger partial charge on any atom is -0.462 e. The highest BCUT2D eigenvalue weighted by molar-refractivity contribution is 7.89. The number of rotatable bonds is 9. The lowest BCUT2D eigenvalue weighted by atomic mass is 10.2. The van der Waals surface area contributed by atoms with Crippen molar-refractivity contribution in [1.29, 1.82) is 5.26 Å². The summed E-state index contributed by atoms with van der Waals surface area (Å²) in [5, 5.41) is 11.7. The van der Waals surface area contributed by atoms with E-state index >= 15 is 0 Å². The first kappa shape index (κ1) is 21.2. The summed E-state index contributed by atoms with van der Waals surface area (Å²) in [5.74, 6) is -0.723. The molecule has 28 heavy (non-hydrogen) atoms. The Kier molecular flexibility index (Phi) is 7.75. The van der Waals surface area contributed by atoms with E-state index in [4.69, 9.17) is 10.00 Å². The minimum atomic E-state index is -3.62. The molecule has 0 aliphatic carbocycles. The molecule has 0 amide bonds. The SMILES string of the molecule is CCOC(=O)/C(C#N)=C/Nc1ccc(S(=O)(=O)NCCc2ccccc2)cc1. The Labute approximate surface area is 164 Å². The first-order chi connectivity index (χ1) is 13.5. The van der Waals surface area contributed by atoms with Crippen LogP contribution < -0.4 is 10.0 Å². The number of nitrogens with one attached hydrogen (secondary N) is 2. The number of nitriles is 1. The maximum Gasteiger partial charge on any atom is 0.350 e. The number of hydrogen-bond donors (Lipinski definition) is 2. The minimum absolute atomic E-state index is 0.126. The van der Waals surface area contributed by atoms with Crippen LogP contribution in [0, 0.1) is 11.3 Å². The van der Waals surface area contributed by atoms with Crippen LogP contribution in [-0.4, -0.2) is 27.5 Å². The summed E-state index contributed by atoms with van der Waals surface area (Å²) in [6.45, 7) is 2.11. The molecule has 2 aromatic rings. The van der Waals surface area contributed by atoms with Crippen molar-refractivity contribution in [2.24, 2.45) is 0 Å². The lowest BCUT2D eigenvalue weighted by Crippen LogP contribution is -2.25. The van der Waals surface area contributed by atoms with E-state index in [0.717, 1.165) is 5.56 Å². The van der Waals surface area contributed by atoms with Crippen LogP contribution in [0.1, 0.15) is 12.5 Å². The summed E-state index contributed by atoms with van der Waals surface area (Å²) in [7, 11) is -3.62. The van der Waals surface area contributed by atoms with Gasteiger partial charge in [0.25, 0.3) is 0 Å². The maximum absolute atomic E-state index is 12.4. The molecule has 8 heteroatoms. The molecule has 7 nitrogen and oxygen atoms in total. The lowest BCUT2D eigenvalue weighted by Gasteiger charge is -2.08. The van der Waals surface area contributed by atoms with Crippen LogP contribution >= 0.6 is 0 Å². The predicted octanol–water partition coefficient (Wildman–Crippen LogP) is 2.59. The van der Waals surface area contributed by atoms with Crippen LogP contribution in [-0.2, 0) is 26.0 Å². The Bertz CT molecular complexity index is 963. The average molecular weight is 399 g/mol. The monoisotopic (exact) mass is 399 g/mol. The van der Waals surface area contributed by atoms with Crippen molar-refractivity contribution in [3.05, 3.63) is 71.9 Å². The smallest absolute Gasteiger partial charge is 0.350 e. The van der Waals surface area contributed by atoms with Gasteiger partial charge in [0.2, 0.25) is 10.0 Å². The lowest BCUT2D eigenvalue weighted by molar-refractivity contribution is -0.138. The molecular formula is C20H21N3O4S. The molecule has 146 valence electrons. The number of benzene rings is 2. The quantitative estimate of drug-likeness (QED) is 0.381. The summed E-state index contributed by atoms with van der Waals surface area (Å²) >= 11 is 0. The van der Waals surface area contributed by atoms with Gasteiger partial charge in [-0.1, -0.05) is 30.3 Å². The van der Waals surface area contributed by atoms with Crippen molar-refractivity contribution in [1.82, 2.24) is 4.72 Å². The fraction of sp³-hybridized carbons (Fsp3) is 0.200. The number of nitrogens with zero attached hydrogens (tertiary/aromatic N) is 1. The standard InChI is InChI=1S/C20H21N3O4S/c1-2-27-20(24)17(14-21)15-22-18-8-10-19(11-9-18)28(25,26)23-13-12-16-6-4-3-5-7-16/h3-11,15,22-23H,2,12-13H2,1H3/b17-15+. The fourth-order valence-corrected chi connectivity index (χ4v) is 3.32. The van der Waals surface area contributed by atoms with Crippen molar-refractivity contribution in [2.75, 3.05) is 18.5 Å². The highest BCUT2D eigenvalue weighted by Crippen LogP contribution is 2.14. The molecule has 2 aromatic carbocycles. The summed E-state index contributed by atoms with van der Waals surface area (Å²) in [4.78, 5) is 11.7. The molecule has 0 bridgehead atoms. The summed E-state index contributed by atoms with van der Waals surface area (Å²) in [6.07, 6.45) is 1.81. The van der Waals surface area contributed by atoms with Gasteiger partial charge in [0.1, 0.15) is 6.07 Å². The summed E-state index contributed by atoms with van der Waals surface area (Å²) in [5.41, 5.74) is 1.40. The molecule has 0 radical (unpaired) electrons. The zero-order valence-corrected chi connectivity index (χ0v) is 16.2. The average Bonchev–Trinajstić information content (AvgIpc) is 2.70. The Morgan fingerprint density at radius 2 is 1.82 bits per heavy atom. The van der Waals surface area contributed by atoms with E-state index < -0.39 is 16.0 Å². The molecule has 0 saturated heterocycles. The fourth-order valence-electron chi connectivity index (χ4n) is 2.29. The zero-order valence-electron chi connectivity index (χ0n) is 15.4. The van der Waals surface area contributed by atoms with E-state index in [-0.39, 0.29) is 17.1 Å². The van der Waals surface area contributed by atoms with Crippen molar-refractivity contribution < 1.29 is 17.9 Å². The third-order valence-electron chi connectivity index (χ3n) is 3.71. The van der Waals surface area contributed by atoms with E-state index in [1.807, 2.05) is 30.3 Å². The molecule has 0 aliphatic heterocycles. The van der Waals surface area contributed by atoms with E-state index in [9.17, 15) is 13.2 Å². The predicted molar refractivity (Wildman–Crippen MR) is 106 cm³/mol. The van der Waals surface area contributed by atoms with E-state index in [0.29, 0.717) is 18.7 Å². The molecule has 2 N–H and O–H groups in total. The number of carbonyl (C=O) groups excluding carboxylic acids is 1. The Hall–Kier alpha value is -3.15. The van der Waals surface area contributed by atoms with Gasteiger partial charge >= 0.3 is 5.97 Å². The van der Waals surface area contributed by atoms with Crippen molar-refractivity contribution in [3.63, 3.8) is 0 Å². The number of hydrogen-bond acceptors (Lipinski definition) is 6.